The van der Waals surface area contributed by atoms with Crippen molar-refractivity contribution in [3.05, 3.63) is 64.6 Å². The fourth-order valence-electron chi connectivity index (χ4n) is 2.14. The van der Waals surface area contributed by atoms with Crippen molar-refractivity contribution in [2.75, 3.05) is 11.9 Å². The largest absolute Gasteiger partial charge is 0.465 e. The second-order valence-electron chi connectivity index (χ2n) is 4.99. The van der Waals surface area contributed by atoms with E-state index < -0.39 is 11.9 Å². The van der Waals surface area contributed by atoms with Crippen LogP contribution in [-0.2, 0) is 20.7 Å². The summed E-state index contributed by atoms with van der Waals surface area (Å²) in [6.07, 6.45) is 0.308. The van der Waals surface area contributed by atoms with Crippen LogP contribution in [0.2, 0.25) is 0 Å². The Morgan fingerprint density at radius 3 is 2.35 bits per heavy atom. The maximum atomic E-state index is 12.5. The molecule has 4 nitrogen and oxygen atoms in total. The lowest BCUT2D eigenvalue weighted by atomic mass is 9.98. The smallest absolute Gasteiger partial charge is 0.318 e. The molecule has 0 spiro atoms. The maximum absolute atomic E-state index is 12.5. The average Bonchev–Trinajstić information content (AvgIpc) is 2.56. The molecule has 2 aromatic rings. The predicted octanol–water partition coefficient (Wildman–Crippen LogP) is 3.81. The fraction of sp³-hybridized carbons (Fsp3) is 0.222. The molecule has 1 atom stereocenters. The van der Waals surface area contributed by atoms with Crippen LogP contribution in [-0.4, -0.2) is 18.5 Å². The zero-order valence-electron chi connectivity index (χ0n) is 12.8. The second-order valence-corrected chi connectivity index (χ2v) is 5.91. The van der Waals surface area contributed by atoms with E-state index in [0.29, 0.717) is 12.1 Å². The number of esters is 1. The Labute approximate surface area is 144 Å². The molecule has 5 heteroatoms. The molecule has 0 fully saturated rings. The molecule has 0 radical (unpaired) electrons. The van der Waals surface area contributed by atoms with Gasteiger partial charge in [0.1, 0.15) is 5.92 Å². The Bertz CT molecular complexity index is 656. The number of rotatable bonds is 6. The molecular weight excluding hydrogens is 358 g/mol. The molecule has 2 rings (SSSR count). The lowest BCUT2D eigenvalue weighted by Crippen LogP contribution is -2.33. The zero-order chi connectivity index (χ0) is 16.7. The van der Waals surface area contributed by atoms with Crippen molar-refractivity contribution in [1.29, 1.82) is 0 Å². The third kappa shape index (κ3) is 5.21. The minimum atomic E-state index is -0.874. The second kappa shape index (κ2) is 8.48. The molecule has 1 amide bonds. The number of amides is 1. The van der Waals surface area contributed by atoms with Crippen LogP contribution >= 0.6 is 15.9 Å². The van der Waals surface area contributed by atoms with Crippen LogP contribution in [0.15, 0.2) is 59.1 Å². The van der Waals surface area contributed by atoms with E-state index in [0.717, 1.165) is 10.0 Å². The first kappa shape index (κ1) is 17.2. The Morgan fingerprint density at radius 2 is 1.74 bits per heavy atom. The van der Waals surface area contributed by atoms with E-state index in [4.69, 9.17) is 4.74 Å². The number of hydrogen-bond donors (Lipinski definition) is 1. The quantitative estimate of drug-likeness (QED) is 0.616. The van der Waals surface area contributed by atoms with Gasteiger partial charge in [-0.25, -0.2) is 0 Å². The molecule has 120 valence electrons. The lowest BCUT2D eigenvalue weighted by molar-refractivity contribution is -0.150. The summed E-state index contributed by atoms with van der Waals surface area (Å²) in [5, 5.41) is 2.77. The van der Waals surface area contributed by atoms with Gasteiger partial charge in [-0.3, -0.25) is 9.59 Å². The average molecular weight is 376 g/mol. The van der Waals surface area contributed by atoms with Gasteiger partial charge >= 0.3 is 5.97 Å². The molecule has 0 aliphatic heterocycles. The van der Waals surface area contributed by atoms with Crippen LogP contribution in [0.1, 0.15) is 12.5 Å². The van der Waals surface area contributed by atoms with Gasteiger partial charge in [0.25, 0.3) is 0 Å². The molecule has 0 saturated heterocycles. The number of halogens is 1. The summed E-state index contributed by atoms with van der Waals surface area (Å²) in [7, 11) is 0. The van der Waals surface area contributed by atoms with Gasteiger partial charge in [0.05, 0.1) is 6.61 Å². The van der Waals surface area contributed by atoms with Gasteiger partial charge in [0.2, 0.25) is 5.91 Å². The lowest BCUT2D eigenvalue weighted by Gasteiger charge is -2.16. The molecule has 0 unspecified atom stereocenters. The van der Waals surface area contributed by atoms with E-state index in [-0.39, 0.29) is 12.5 Å². The molecule has 0 bridgehead atoms. The molecule has 0 heterocycles. The van der Waals surface area contributed by atoms with Crippen molar-refractivity contribution in [3.63, 3.8) is 0 Å². The molecule has 2 aromatic carbocycles. The normalized spacial score (nSPS) is 11.6. The molecule has 23 heavy (non-hydrogen) atoms. The minimum Gasteiger partial charge on any atom is -0.465 e. The van der Waals surface area contributed by atoms with Crippen LogP contribution in [0, 0.1) is 5.92 Å². The third-order valence-corrected chi connectivity index (χ3v) is 3.81. The van der Waals surface area contributed by atoms with E-state index in [1.54, 1.807) is 19.1 Å². The highest BCUT2D eigenvalue weighted by Gasteiger charge is 2.28. The maximum Gasteiger partial charge on any atom is 0.318 e. The van der Waals surface area contributed by atoms with Crippen LogP contribution in [0.4, 0.5) is 5.69 Å². The first-order chi connectivity index (χ1) is 11.1. The standard InChI is InChI=1S/C18H18BrNO3/c1-2-23-18(22)16(12-13-6-4-3-5-7-13)17(21)20-15-10-8-14(19)9-11-15/h3-11,16H,2,12H2,1H3,(H,20,21)/t16-/m0/s1. The van der Waals surface area contributed by atoms with Crippen molar-refractivity contribution in [3.8, 4) is 0 Å². The molecule has 0 aliphatic carbocycles. The number of ether oxygens (including phenoxy) is 1. The first-order valence-electron chi connectivity index (χ1n) is 7.37. The number of anilines is 1. The highest BCUT2D eigenvalue weighted by molar-refractivity contribution is 9.10. The first-order valence-corrected chi connectivity index (χ1v) is 8.16. The molecule has 0 aromatic heterocycles. The highest BCUT2D eigenvalue weighted by Crippen LogP contribution is 2.17. The van der Waals surface area contributed by atoms with Gasteiger partial charge in [-0.05, 0) is 43.2 Å². The third-order valence-electron chi connectivity index (χ3n) is 3.28. The van der Waals surface area contributed by atoms with E-state index in [9.17, 15) is 9.59 Å². The van der Waals surface area contributed by atoms with Crippen LogP contribution in [0.3, 0.4) is 0 Å². The molecule has 0 aliphatic rings. The van der Waals surface area contributed by atoms with Crippen molar-refractivity contribution < 1.29 is 14.3 Å². The topological polar surface area (TPSA) is 55.4 Å². The van der Waals surface area contributed by atoms with E-state index in [1.165, 1.54) is 0 Å². The number of benzene rings is 2. The Kier molecular flexibility index (Phi) is 6.35. The summed E-state index contributed by atoms with van der Waals surface area (Å²) in [5.74, 6) is -1.75. The van der Waals surface area contributed by atoms with Crippen LogP contribution in [0.5, 0.6) is 0 Å². The monoisotopic (exact) mass is 375 g/mol. The molecule has 0 saturated carbocycles. The van der Waals surface area contributed by atoms with Gasteiger partial charge in [-0.1, -0.05) is 46.3 Å². The molecule has 1 N–H and O–H groups in total. The van der Waals surface area contributed by atoms with Gasteiger partial charge in [-0.2, -0.15) is 0 Å². The van der Waals surface area contributed by atoms with Crippen molar-refractivity contribution in [2.45, 2.75) is 13.3 Å². The molecular formula is C18H18BrNO3. The van der Waals surface area contributed by atoms with Crippen molar-refractivity contribution >= 4 is 33.5 Å². The number of hydrogen-bond acceptors (Lipinski definition) is 3. The summed E-state index contributed by atoms with van der Waals surface area (Å²) >= 11 is 3.34. The summed E-state index contributed by atoms with van der Waals surface area (Å²) in [6.45, 7) is 1.97. The summed E-state index contributed by atoms with van der Waals surface area (Å²) < 4.78 is 5.97. The van der Waals surface area contributed by atoms with Crippen molar-refractivity contribution in [2.24, 2.45) is 5.92 Å². The van der Waals surface area contributed by atoms with Crippen LogP contribution < -0.4 is 5.32 Å². The van der Waals surface area contributed by atoms with Crippen LogP contribution in [0.25, 0.3) is 0 Å². The fourth-order valence-corrected chi connectivity index (χ4v) is 2.40. The Morgan fingerprint density at radius 1 is 1.09 bits per heavy atom. The van der Waals surface area contributed by atoms with Gasteiger partial charge in [0.15, 0.2) is 0 Å². The number of carbonyl (C=O) groups excluding carboxylic acids is 2. The van der Waals surface area contributed by atoms with E-state index in [2.05, 4.69) is 21.2 Å². The van der Waals surface area contributed by atoms with E-state index >= 15 is 0 Å². The summed E-state index contributed by atoms with van der Waals surface area (Å²) in [5.41, 5.74) is 1.55. The predicted molar refractivity (Wildman–Crippen MR) is 93.0 cm³/mol. The summed E-state index contributed by atoms with van der Waals surface area (Å²) in [4.78, 5) is 24.6. The van der Waals surface area contributed by atoms with Crippen molar-refractivity contribution in [1.82, 2.24) is 0 Å². The number of carbonyl (C=O) groups is 2. The summed E-state index contributed by atoms with van der Waals surface area (Å²) in [6, 6.07) is 16.6. The zero-order valence-corrected chi connectivity index (χ0v) is 14.4. The van der Waals surface area contributed by atoms with E-state index in [1.807, 2.05) is 42.5 Å². The van der Waals surface area contributed by atoms with Gasteiger partial charge < -0.3 is 10.1 Å². The van der Waals surface area contributed by atoms with Gasteiger partial charge in [-0.15, -0.1) is 0 Å². The minimum absolute atomic E-state index is 0.246. The Balaban J connectivity index is 2.13. The highest BCUT2D eigenvalue weighted by atomic mass is 79.9. The number of nitrogens with one attached hydrogen (secondary N) is 1. The van der Waals surface area contributed by atoms with Gasteiger partial charge in [0, 0.05) is 10.2 Å². The Hall–Kier alpha value is -2.14. The SMILES string of the molecule is CCOC(=O)[C@@H](Cc1ccccc1)C(=O)Nc1ccc(Br)cc1.